The summed E-state index contributed by atoms with van der Waals surface area (Å²) < 4.78 is 6.32. The lowest BCUT2D eigenvalue weighted by Crippen LogP contribution is -2.40. The maximum Gasteiger partial charge on any atom is 0.339 e. The van der Waals surface area contributed by atoms with Gasteiger partial charge in [0.1, 0.15) is 11.8 Å². The van der Waals surface area contributed by atoms with Crippen LogP contribution in [0.15, 0.2) is 64.8 Å². The number of hydrogen-bond donors (Lipinski definition) is 4. The minimum atomic E-state index is -0.937. The molecule has 0 aliphatic carbocycles. The Kier molecular flexibility index (Phi) is 9.41. The summed E-state index contributed by atoms with van der Waals surface area (Å²) in [5.74, 6) is -1.85. The van der Waals surface area contributed by atoms with Crippen molar-refractivity contribution in [3.63, 3.8) is 0 Å². The van der Waals surface area contributed by atoms with Gasteiger partial charge in [0.25, 0.3) is 5.56 Å². The minimum Gasteiger partial charge on any atom is -0.454 e. The van der Waals surface area contributed by atoms with Crippen molar-refractivity contribution in [3.8, 4) is 0 Å². The van der Waals surface area contributed by atoms with Crippen LogP contribution < -0.4 is 16.2 Å². The molecule has 0 aliphatic rings. The van der Waals surface area contributed by atoms with E-state index in [1.165, 1.54) is 23.9 Å². The van der Waals surface area contributed by atoms with Gasteiger partial charge in [-0.25, -0.2) is 9.78 Å². The monoisotopic (exact) mass is 520 g/mol. The summed E-state index contributed by atoms with van der Waals surface area (Å²) in [6, 6.07) is 11.6. The molecule has 4 N–H and O–H groups in total. The van der Waals surface area contributed by atoms with Gasteiger partial charge in [-0.3, -0.25) is 19.0 Å². The van der Waals surface area contributed by atoms with Crippen molar-refractivity contribution in [3.05, 3.63) is 70.8 Å². The lowest BCUT2D eigenvalue weighted by molar-refractivity contribution is -0.128. The van der Waals surface area contributed by atoms with Crippen molar-refractivity contribution in [1.82, 2.24) is 14.9 Å². The molecule has 1 amide bonds. The number of nitrogens with zero attached hydrogens (tertiary/aromatic N) is 3. The summed E-state index contributed by atoms with van der Waals surface area (Å²) >= 11 is 0. The predicted octanol–water partition coefficient (Wildman–Crippen LogP) is 2.17. The average Bonchev–Trinajstić information content (AvgIpc) is 2.92. The number of ether oxygens (including phenoxy) is 1. The van der Waals surface area contributed by atoms with E-state index in [1.807, 2.05) is 18.2 Å². The third-order valence-corrected chi connectivity index (χ3v) is 5.70. The Labute approximate surface area is 217 Å². The molecule has 1 atom stereocenters. The number of fused-ring (bicyclic) bond motifs is 1. The molecule has 1 aromatic heterocycles. The number of rotatable bonds is 12. The summed E-state index contributed by atoms with van der Waals surface area (Å²) in [5, 5.41) is 26.2. The average molecular weight is 521 g/mol. The molecule has 1 heterocycles. The van der Waals surface area contributed by atoms with Crippen molar-refractivity contribution in [2.45, 2.75) is 26.3 Å². The number of oxime groups is 1. The Hall–Kier alpha value is -4.87. The van der Waals surface area contributed by atoms with Gasteiger partial charge < -0.3 is 26.0 Å². The second-order valence-electron chi connectivity index (χ2n) is 8.30. The van der Waals surface area contributed by atoms with Crippen LogP contribution >= 0.6 is 0 Å². The molecule has 0 saturated heterocycles. The molecule has 198 valence electrons. The van der Waals surface area contributed by atoms with Crippen molar-refractivity contribution < 1.29 is 24.3 Å². The van der Waals surface area contributed by atoms with E-state index in [0.717, 1.165) is 5.39 Å². The number of nitrogens with one attached hydrogen (secondary N) is 3. The first-order valence-corrected chi connectivity index (χ1v) is 11.8. The van der Waals surface area contributed by atoms with Crippen molar-refractivity contribution in [1.29, 1.82) is 5.41 Å². The summed E-state index contributed by atoms with van der Waals surface area (Å²) in [7, 11) is 0. The largest absolute Gasteiger partial charge is 0.454 e. The van der Waals surface area contributed by atoms with Gasteiger partial charge in [-0.2, -0.15) is 0 Å². The van der Waals surface area contributed by atoms with Crippen LogP contribution in [-0.2, 0) is 14.3 Å². The fraction of sp³-hybridized carbons (Fsp3) is 0.269. The topological polar surface area (TPSA) is 176 Å². The zero-order chi connectivity index (χ0) is 27.7. The van der Waals surface area contributed by atoms with Crippen LogP contribution in [0.25, 0.3) is 10.8 Å². The second-order valence-corrected chi connectivity index (χ2v) is 8.30. The number of carbonyl (C=O) groups excluding carboxylic acids is 3. The normalized spacial score (nSPS) is 12.0. The minimum absolute atomic E-state index is 0.00883. The first-order valence-electron chi connectivity index (χ1n) is 11.8. The number of esters is 1. The molecule has 3 aromatic rings. The SMILES string of the molecule is CC[C@@H](C(=O)NCC(=O)COC(=O)c1cccc2ccccc12)n1ccnc(NC/C(=N/O)C(C)=N)c1=O. The van der Waals surface area contributed by atoms with Crippen molar-refractivity contribution >= 4 is 45.7 Å². The van der Waals surface area contributed by atoms with E-state index < -0.39 is 42.4 Å². The third kappa shape index (κ3) is 6.66. The molecule has 0 aliphatic heterocycles. The second kappa shape index (κ2) is 12.9. The van der Waals surface area contributed by atoms with Crippen LogP contribution in [0, 0.1) is 5.41 Å². The highest BCUT2D eigenvalue weighted by molar-refractivity contribution is 6.41. The van der Waals surface area contributed by atoms with Gasteiger partial charge >= 0.3 is 5.97 Å². The molecule has 0 unspecified atom stereocenters. The highest BCUT2D eigenvalue weighted by Crippen LogP contribution is 2.19. The molecule has 0 fully saturated rings. The molecule has 0 spiro atoms. The molecular formula is C26H28N6O6. The Balaban J connectivity index is 1.59. The van der Waals surface area contributed by atoms with Gasteiger partial charge in [0.15, 0.2) is 18.2 Å². The van der Waals surface area contributed by atoms with Crippen LogP contribution in [0.1, 0.15) is 36.7 Å². The number of hydrogen-bond acceptors (Lipinski definition) is 10. The van der Waals surface area contributed by atoms with Crippen LogP contribution in [0.5, 0.6) is 0 Å². The molecule has 0 saturated carbocycles. The first-order chi connectivity index (χ1) is 18.3. The van der Waals surface area contributed by atoms with Crippen LogP contribution in [0.3, 0.4) is 0 Å². The zero-order valence-corrected chi connectivity index (χ0v) is 20.9. The summed E-state index contributed by atoms with van der Waals surface area (Å²) in [5.41, 5.74) is -0.244. The molecular weight excluding hydrogens is 492 g/mol. The maximum absolute atomic E-state index is 12.9. The quantitative estimate of drug-likeness (QED) is 0.122. The van der Waals surface area contributed by atoms with E-state index in [2.05, 4.69) is 20.8 Å². The number of Topliss-reactive ketones (excluding diaryl/α,β-unsaturated/α-hetero) is 1. The number of aromatic nitrogens is 2. The fourth-order valence-electron chi connectivity index (χ4n) is 3.69. The van der Waals surface area contributed by atoms with Gasteiger partial charge in [-0.1, -0.05) is 48.5 Å². The lowest BCUT2D eigenvalue weighted by atomic mass is 10.1. The van der Waals surface area contributed by atoms with Gasteiger partial charge in [0.05, 0.1) is 24.4 Å². The maximum atomic E-state index is 12.9. The van der Waals surface area contributed by atoms with E-state index in [0.29, 0.717) is 10.9 Å². The van der Waals surface area contributed by atoms with Crippen molar-refractivity contribution in [2.75, 3.05) is 25.0 Å². The molecule has 3 rings (SSSR count). The third-order valence-electron chi connectivity index (χ3n) is 5.70. The standard InChI is InChI=1S/C26H28N6O6/c1-3-22(32-12-11-28-23(25(32)35)29-14-21(31-37)16(2)27)24(34)30-13-18(33)15-38-26(36)20-10-6-8-17-7-4-5-9-19(17)20/h4-12,22,27,37H,3,13-15H2,1-2H3,(H,28,29)(H,30,34)/b27-16?,31-21-/t22-/m0/s1. The lowest BCUT2D eigenvalue weighted by Gasteiger charge is -2.18. The molecule has 0 bridgehead atoms. The Morgan fingerprint density at radius 2 is 1.89 bits per heavy atom. The fourth-order valence-corrected chi connectivity index (χ4v) is 3.69. The molecule has 0 radical (unpaired) electrons. The number of benzene rings is 2. The van der Waals surface area contributed by atoms with Gasteiger partial charge in [0.2, 0.25) is 5.91 Å². The zero-order valence-electron chi connectivity index (χ0n) is 20.9. The molecule has 2 aromatic carbocycles. The Morgan fingerprint density at radius 3 is 2.61 bits per heavy atom. The van der Waals surface area contributed by atoms with E-state index >= 15 is 0 Å². The highest BCUT2D eigenvalue weighted by atomic mass is 16.5. The molecule has 38 heavy (non-hydrogen) atoms. The Bertz CT molecular complexity index is 1440. The number of carbonyl (C=O) groups is 3. The summed E-state index contributed by atoms with van der Waals surface area (Å²) in [6.07, 6.45) is 2.91. The van der Waals surface area contributed by atoms with E-state index in [9.17, 15) is 19.2 Å². The van der Waals surface area contributed by atoms with E-state index in [4.69, 9.17) is 15.4 Å². The summed E-state index contributed by atoms with van der Waals surface area (Å²) in [6.45, 7) is 2.10. The smallest absolute Gasteiger partial charge is 0.339 e. The summed E-state index contributed by atoms with van der Waals surface area (Å²) in [4.78, 5) is 54.5. The number of amides is 1. The van der Waals surface area contributed by atoms with E-state index in [-0.39, 0.29) is 30.2 Å². The molecule has 12 nitrogen and oxygen atoms in total. The van der Waals surface area contributed by atoms with Gasteiger partial charge in [0, 0.05) is 12.4 Å². The van der Waals surface area contributed by atoms with Gasteiger partial charge in [-0.15, -0.1) is 0 Å². The molecule has 12 heteroatoms. The van der Waals surface area contributed by atoms with Crippen LogP contribution in [-0.4, -0.2) is 63.5 Å². The Morgan fingerprint density at radius 1 is 1.16 bits per heavy atom. The number of anilines is 1. The predicted molar refractivity (Wildman–Crippen MR) is 141 cm³/mol. The van der Waals surface area contributed by atoms with Crippen LogP contribution in [0.4, 0.5) is 5.82 Å². The van der Waals surface area contributed by atoms with Gasteiger partial charge in [-0.05, 0) is 30.2 Å². The number of ketones is 1. The highest BCUT2D eigenvalue weighted by Gasteiger charge is 2.22. The van der Waals surface area contributed by atoms with Crippen LogP contribution in [0.2, 0.25) is 0 Å². The van der Waals surface area contributed by atoms with Crippen molar-refractivity contribution in [2.24, 2.45) is 5.16 Å². The van der Waals surface area contributed by atoms with E-state index in [1.54, 1.807) is 31.2 Å². The first kappa shape index (κ1) is 27.7.